The van der Waals surface area contributed by atoms with Crippen LogP contribution in [-0.4, -0.2) is 6.16 Å². The number of unbranched alkanes of at least 4 members (excludes halogenated alkanes) is 3. The summed E-state index contributed by atoms with van der Waals surface area (Å²) in [4.78, 5) is 0. The van der Waals surface area contributed by atoms with E-state index in [9.17, 15) is 0 Å². The zero-order chi connectivity index (χ0) is 18.1. The Kier molecular flexibility index (Phi) is 9.25. The van der Waals surface area contributed by atoms with Gasteiger partial charge in [0.15, 0.2) is 0 Å². The summed E-state index contributed by atoms with van der Waals surface area (Å²) in [5, 5.41) is 0. The molecule has 0 aliphatic rings. The van der Waals surface area contributed by atoms with Gasteiger partial charge in [0.2, 0.25) is 0 Å². The molecule has 0 aliphatic carbocycles. The average Bonchev–Trinajstić information content (AvgIpc) is 2.73. The molecular formula is C25H30BrP. The van der Waals surface area contributed by atoms with Crippen LogP contribution in [0.1, 0.15) is 48.8 Å². The summed E-state index contributed by atoms with van der Waals surface area (Å²) in [5.74, 6) is 0. The predicted molar refractivity (Wildman–Crippen MR) is 118 cm³/mol. The Balaban J connectivity index is 0.00000261. The molecule has 142 valence electrons. The Bertz CT molecular complexity index is 659. The van der Waals surface area contributed by atoms with Gasteiger partial charge in [0.25, 0.3) is 0 Å². The molecule has 0 spiro atoms. The van der Waals surface area contributed by atoms with Crippen molar-refractivity contribution in [2.24, 2.45) is 0 Å². The van der Waals surface area contributed by atoms with E-state index in [1.165, 1.54) is 48.5 Å². The van der Waals surface area contributed by atoms with E-state index in [1.807, 2.05) is 0 Å². The Morgan fingerprint density at radius 1 is 0.519 bits per heavy atom. The molecule has 2 heteroatoms. The summed E-state index contributed by atoms with van der Waals surface area (Å²) in [5.41, 5.74) is 4.12. The van der Waals surface area contributed by atoms with Crippen LogP contribution in [0.2, 0.25) is 0 Å². The lowest BCUT2D eigenvalue weighted by Crippen LogP contribution is -3.00. The SMILES string of the molecule is [Br-].[PH3+]CCCCCCC(c1ccccc1)(c1ccccc1)c1ccccc1. The van der Waals surface area contributed by atoms with Crippen molar-refractivity contribution in [3.05, 3.63) is 108 Å². The van der Waals surface area contributed by atoms with Crippen molar-refractivity contribution < 1.29 is 17.0 Å². The molecule has 0 nitrogen and oxygen atoms in total. The lowest BCUT2D eigenvalue weighted by atomic mass is 9.66. The van der Waals surface area contributed by atoms with Crippen LogP contribution < -0.4 is 17.0 Å². The third kappa shape index (κ3) is 5.31. The monoisotopic (exact) mass is 440 g/mol. The van der Waals surface area contributed by atoms with E-state index in [-0.39, 0.29) is 22.4 Å². The van der Waals surface area contributed by atoms with Gasteiger partial charge in [-0.2, -0.15) is 0 Å². The van der Waals surface area contributed by atoms with E-state index >= 15 is 0 Å². The maximum absolute atomic E-state index is 2.30. The zero-order valence-electron chi connectivity index (χ0n) is 16.0. The highest BCUT2D eigenvalue weighted by Gasteiger charge is 2.35. The van der Waals surface area contributed by atoms with Crippen molar-refractivity contribution in [3.8, 4) is 0 Å². The molecule has 0 radical (unpaired) electrons. The van der Waals surface area contributed by atoms with Crippen LogP contribution in [0.5, 0.6) is 0 Å². The van der Waals surface area contributed by atoms with Gasteiger partial charge in [-0.15, -0.1) is 0 Å². The van der Waals surface area contributed by atoms with Gasteiger partial charge in [-0.25, -0.2) is 0 Å². The second-order valence-electron chi connectivity index (χ2n) is 7.02. The van der Waals surface area contributed by atoms with Crippen LogP contribution in [-0.2, 0) is 5.41 Å². The Morgan fingerprint density at radius 2 is 0.889 bits per heavy atom. The fourth-order valence-electron chi connectivity index (χ4n) is 4.02. The normalized spacial score (nSPS) is 11.1. The number of rotatable bonds is 9. The summed E-state index contributed by atoms with van der Waals surface area (Å²) in [7, 11) is 2.09. The van der Waals surface area contributed by atoms with Gasteiger partial charge in [-0.05, 0) is 45.2 Å². The van der Waals surface area contributed by atoms with Gasteiger partial charge < -0.3 is 17.0 Å². The lowest BCUT2D eigenvalue weighted by molar-refractivity contribution is -0.00000511. The molecule has 0 aromatic heterocycles. The van der Waals surface area contributed by atoms with Gasteiger partial charge in [-0.3, -0.25) is 0 Å². The molecule has 0 aliphatic heterocycles. The van der Waals surface area contributed by atoms with Crippen molar-refractivity contribution in [3.63, 3.8) is 0 Å². The minimum absolute atomic E-state index is 0. The van der Waals surface area contributed by atoms with Crippen molar-refractivity contribution in [1.29, 1.82) is 0 Å². The summed E-state index contributed by atoms with van der Waals surface area (Å²) in [6.45, 7) is 0. The molecule has 3 rings (SSSR count). The van der Waals surface area contributed by atoms with Crippen LogP contribution in [0, 0.1) is 0 Å². The van der Waals surface area contributed by atoms with Crippen LogP contribution in [0.25, 0.3) is 0 Å². The summed E-state index contributed by atoms with van der Waals surface area (Å²) >= 11 is 0. The second-order valence-corrected chi connectivity index (χ2v) is 7.73. The average molecular weight is 441 g/mol. The fraction of sp³-hybridized carbons (Fsp3) is 0.280. The van der Waals surface area contributed by atoms with Crippen molar-refractivity contribution in [1.82, 2.24) is 0 Å². The first-order valence-electron chi connectivity index (χ1n) is 9.84. The molecule has 1 unspecified atom stereocenters. The van der Waals surface area contributed by atoms with E-state index in [0.29, 0.717) is 0 Å². The molecule has 0 N–H and O–H groups in total. The maximum Gasteiger partial charge on any atom is 0.0526 e. The largest absolute Gasteiger partial charge is 1.00 e. The van der Waals surface area contributed by atoms with Crippen molar-refractivity contribution in [2.45, 2.75) is 37.5 Å². The van der Waals surface area contributed by atoms with Gasteiger partial charge >= 0.3 is 0 Å². The molecule has 0 saturated carbocycles. The molecule has 0 heterocycles. The van der Waals surface area contributed by atoms with E-state index in [4.69, 9.17) is 0 Å². The molecule has 0 bridgehead atoms. The minimum Gasteiger partial charge on any atom is -1.00 e. The van der Waals surface area contributed by atoms with E-state index in [1.54, 1.807) is 0 Å². The highest BCUT2D eigenvalue weighted by atomic mass is 79.9. The summed E-state index contributed by atoms with van der Waals surface area (Å²) in [6, 6.07) is 33.2. The number of halogens is 1. The summed E-state index contributed by atoms with van der Waals surface area (Å²) < 4.78 is 0. The van der Waals surface area contributed by atoms with Crippen LogP contribution in [0.3, 0.4) is 0 Å². The van der Waals surface area contributed by atoms with Crippen LogP contribution >= 0.6 is 9.24 Å². The number of hydrogen-bond donors (Lipinski definition) is 0. The number of hydrogen-bond acceptors (Lipinski definition) is 0. The molecule has 1 atom stereocenters. The third-order valence-electron chi connectivity index (χ3n) is 5.35. The molecule has 3 aromatic carbocycles. The first-order chi connectivity index (χ1) is 12.9. The van der Waals surface area contributed by atoms with Crippen LogP contribution in [0.15, 0.2) is 91.0 Å². The second kappa shape index (κ2) is 11.4. The zero-order valence-corrected chi connectivity index (χ0v) is 19.0. The van der Waals surface area contributed by atoms with Crippen molar-refractivity contribution >= 4 is 9.24 Å². The molecular weight excluding hydrogens is 411 g/mol. The Morgan fingerprint density at radius 3 is 1.26 bits per heavy atom. The van der Waals surface area contributed by atoms with Crippen molar-refractivity contribution in [2.75, 3.05) is 6.16 Å². The van der Waals surface area contributed by atoms with Gasteiger partial charge in [-0.1, -0.05) is 104 Å². The van der Waals surface area contributed by atoms with E-state index in [0.717, 1.165) is 6.42 Å². The van der Waals surface area contributed by atoms with Crippen LogP contribution in [0.4, 0.5) is 0 Å². The third-order valence-corrected chi connectivity index (χ3v) is 5.85. The fourth-order valence-corrected chi connectivity index (χ4v) is 4.38. The minimum atomic E-state index is -0.0717. The predicted octanol–water partition coefficient (Wildman–Crippen LogP) is 3.58. The smallest absolute Gasteiger partial charge is 0.0526 e. The highest BCUT2D eigenvalue weighted by molar-refractivity contribution is 7.16. The van der Waals surface area contributed by atoms with E-state index in [2.05, 4.69) is 100 Å². The molecule has 27 heavy (non-hydrogen) atoms. The van der Waals surface area contributed by atoms with E-state index < -0.39 is 0 Å². The van der Waals surface area contributed by atoms with Gasteiger partial charge in [0, 0.05) is 5.41 Å². The Hall–Kier alpha value is -1.43. The highest BCUT2D eigenvalue weighted by Crippen LogP contribution is 2.43. The summed E-state index contributed by atoms with van der Waals surface area (Å²) in [6.07, 6.45) is 7.73. The first kappa shape index (κ1) is 21.9. The first-order valence-corrected chi connectivity index (χ1v) is 10.8. The van der Waals surface area contributed by atoms with Gasteiger partial charge in [0.1, 0.15) is 0 Å². The topological polar surface area (TPSA) is 0 Å². The standard InChI is InChI=1S/C25H29P.BrH/c26-21-13-2-1-12-20-25(22-14-6-3-7-15-22,23-16-8-4-9-17-23)24-18-10-5-11-19-24;/h3-11,14-19H,1-2,12-13,20-21,26H2;1H. The molecule has 0 saturated heterocycles. The molecule has 3 aromatic rings. The quantitative estimate of drug-likeness (QED) is 0.271. The lowest BCUT2D eigenvalue weighted by Gasteiger charge is -2.36. The molecule has 0 amide bonds. The molecule has 0 fully saturated rings. The number of benzene rings is 3. The van der Waals surface area contributed by atoms with Gasteiger partial charge in [0.05, 0.1) is 6.16 Å². The maximum atomic E-state index is 2.30. The Labute approximate surface area is 177 Å².